The van der Waals surface area contributed by atoms with Gasteiger partial charge in [-0.15, -0.1) is 11.3 Å². The fourth-order valence-corrected chi connectivity index (χ4v) is 5.87. The molecule has 0 saturated carbocycles. The molecule has 0 radical (unpaired) electrons. The lowest BCUT2D eigenvalue weighted by molar-refractivity contribution is -0.140. The van der Waals surface area contributed by atoms with Gasteiger partial charge < -0.3 is 20.1 Å². The van der Waals surface area contributed by atoms with E-state index in [1.807, 2.05) is 0 Å². The first-order chi connectivity index (χ1) is 23.0. The highest BCUT2D eigenvalue weighted by molar-refractivity contribution is 7.21. The van der Waals surface area contributed by atoms with Crippen molar-refractivity contribution in [3.8, 4) is 16.9 Å². The van der Waals surface area contributed by atoms with E-state index in [9.17, 15) is 49.5 Å². The van der Waals surface area contributed by atoms with Gasteiger partial charge in [-0.25, -0.2) is 13.6 Å². The van der Waals surface area contributed by atoms with Gasteiger partial charge in [-0.1, -0.05) is 18.2 Å². The van der Waals surface area contributed by atoms with Gasteiger partial charge in [0, 0.05) is 15.8 Å². The number of hydrogen-bond donors (Lipinski definition) is 2. The minimum Gasteiger partial charge on any atom is -0.496 e. The lowest BCUT2D eigenvalue weighted by atomic mass is 9.99. The number of halogens is 8. The Labute approximate surface area is 275 Å². The summed E-state index contributed by atoms with van der Waals surface area (Å²) < 4.78 is 118. The fraction of sp³-hybridized carbons (Fsp3) is 0.121. The molecule has 0 bridgehead atoms. The number of hydrogen-bond acceptors (Lipinski definition) is 6. The zero-order chi connectivity index (χ0) is 35.8. The smallest absolute Gasteiger partial charge is 0.419 e. The maximum atomic E-state index is 14.3. The van der Waals surface area contributed by atoms with E-state index < -0.39 is 63.5 Å². The first-order valence-corrected chi connectivity index (χ1v) is 14.5. The average Bonchev–Trinajstić information content (AvgIpc) is 3.41. The van der Waals surface area contributed by atoms with Crippen LogP contribution >= 0.6 is 11.3 Å². The van der Waals surface area contributed by atoms with Gasteiger partial charge in [-0.05, 0) is 65.7 Å². The van der Waals surface area contributed by atoms with Crippen molar-refractivity contribution in [2.24, 2.45) is 0 Å². The molecule has 5 aromatic rings. The van der Waals surface area contributed by atoms with Gasteiger partial charge in [-0.3, -0.25) is 9.59 Å². The van der Waals surface area contributed by atoms with Crippen molar-refractivity contribution in [1.82, 2.24) is 0 Å². The van der Waals surface area contributed by atoms with Gasteiger partial charge in [0.1, 0.15) is 22.3 Å². The van der Waals surface area contributed by atoms with E-state index in [1.165, 1.54) is 37.4 Å². The third kappa shape index (κ3) is 7.18. The third-order valence-electron chi connectivity index (χ3n) is 7.14. The summed E-state index contributed by atoms with van der Waals surface area (Å²) in [5.41, 5.74) is -3.45. The second-order valence-corrected chi connectivity index (χ2v) is 11.3. The summed E-state index contributed by atoms with van der Waals surface area (Å²) >= 11 is 0.516. The molecular formula is C33H20F8N2O5S. The van der Waals surface area contributed by atoms with Crippen LogP contribution in [-0.2, 0) is 17.1 Å². The van der Waals surface area contributed by atoms with Gasteiger partial charge in [-0.2, -0.15) is 26.3 Å². The first kappa shape index (κ1) is 34.8. The Morgan fingerprint density at radius 1 is 0.694 bits per heavy atom. The minimum atomic E-state index is -5.10. The molecule has 1 aromatic heterocycles. The van der Waals surface area contributed by atoms with Crippen molar-refractivity contribution >= 4 is 50.6 Å². The summed E-state index contributed by atoms with van der Waals surface area (Å²) in [5.74, 6) is -5.45. The quantitative estimate of drug-likeness (QED) is 0.130. The molecule has 7 nitrogen and oxygen atoms in total. The number of rotatable bonds is 7. The Kier molecular flexibility index (Phi) is 9.37. The number of alkyl halides is 6. The predicted octanol–water partition coefficient (Wildman–Crippen LogP) is 9.18. The van der Waals surface area contributed by atoms with Crippen LogP contribution in [-0.4, -0.2) is 32.0 Å². The Morgan fingerprint density at radius 2 is 1.35 bits per heavy atom. The van der Waals surface area contributed by atoms with Crippen LogP contribution in [0.5, 0.6) is 5.75 Å². The number of methoxy groups -OCH3 is 2. The van der Waals surface area contributed by atoms with E-state index in [4.69, 9.17) is 4.74 Å². The number of carbonyl (C=O) groups is 3. The highest BCUT2D eigenvalue weighted by Crippen LogP contribution is 2.41. The first-order valence-electron chi connectivity index (χ1n) is 13.7. The van der Waals surface area contributed by atoms with Crippen molar-refractivity contribution < 1.29 is 59.0 Å². The molecule has 254 valence electrons. The summed E-state index contributed by atoms with van der Waals surface area (Å²) in [4.78, 5) is 38.8. The van der Waals surface area contributed by atoms with Crippen molar-refractivity contribution in [3.05, 3.63) is 112 Å². The zero-order valence-electron chi connectivity index (χ0n) is 24.9. The molecule has 0 aliphatic rings. The van der Waals surface area contributed by atoms with Crippen molar-refractivity contribution in [2.75, 3.05) is 24.9 Å². The molecule has 2 amide bonds. The van der Waals surface area contributed by atoms with Crippen LogP contribution in [0.4, 0.5) is 46.5 Å². The number of esters is 1. The molecule has 0 spiro atoms. The molecule has 4 aromatic carbocycles. The molecule has 0 aliphatic carbocycles. The topological polar surface area (TPSA) is 93.7 Å². The van der Waals surface area contributed by atoms with E-state index in [-0.39, 0.29) is 38.2 Å². The van der Waals surface area contributed by atoms with Crippen LogP contribution in [0.2, 0.25) is 0 Å². The summed E-state index contributed by atoms with van der Waals surface area (Å²) in [6, 6.07) is 11.9. The lowest BCUT2D eigenvalue weighted by Gasteiger charge is -2.14. The van der Waals surface area contributed by atoms with Gasteiger partial charge in [0.2, 0.25) is 0 Å². The van der Waals surface area contributed by atoms with E-state index in [1.54, 1.807) is 0 Å². The summed E-state index contributed by atoms with van der Waals surface area (Å²) in [5, 5.41) is 4.66. The summed E-state index contributed by atoms with van der Waals surface area (Å²) in [6.07, 6.45) is -9.87. The van der Waals surface area contributed by atoms with Crippen molar-refractivity contribution in [2.45, 2.75) is 12.4 Å². The number of carbonyl (C=O) groups excluding carboxylic acids is 3. The maximum Gasteiger partial charge on any atom is 0.419 e. The molecule has 0 fully saturated rings. The predicted molar refractivity (Wildman–Crippen MR) is 164 cm³/mol. The zero-order valence-corrected chi connectivity index (χ0v) is 25.7. The van der Waals surface area contributed by atoms with Crippen molar-refractivity contribution in [3.63, 3.8) is 0 Å². The molecule has 0 unspecified atom stereocenters. The fourth-order valence-electron chi connectivity index (χ4n) is 4.78. The standard InChI is InChI=1S/C33H20F8N2O5S/c1-47-25-10-4-16(15-3-8-23(34)20(11-15)31(46)48-2)12-21(25)29(44)43-27-19-7-5-17(32(36,37)38)13-26(19)49-28(27)30(45)42-18-6-9-24(35)22(14-18)33(39,40)41/h3-14H,1-2H3,(H,42,45)(H,43,44). The SMILES string of the molecule is COC(=O)c1cc(-c2ccc(OC)c(C(=O)Nc3c(C(=O)Nc4ccc(F)c(C(F)(F)F)c4)sc4cc(C(F)(F)F)ccc34)c2)ccc1F. The van der Waals surface area contributed by atoms with Crippen LogP contribution in [0, 0.1) is 11.6 Å². The molecule has 0 aliphatic heterocycles. The third-order valence-corrected chi connectivity index (χ3v) is 8.29. The van der Waals surface area contributed by atoms with Crippen molar-refractivity contribution in [1.29, 1.82) is 0 Å². The van der Waals surface area contributed by atoms with Crippen LogP contribution in [0.25, 0.3) is 21.2 Å². The number of benzene rings is 4. The number of ether oxygens (including phenoxy) is 2. The Bertz CT molecular complexity index is 2130. The number of nitrogens with one attached hydrogen (secondary N) is 2. The average molecular weight is 709 g/mol. The van der Waals surface area contributed by atoms with Crippen LogP contribution in [0.15, 0.2) is 72.8 Å². The Balaban J connectivity index is 1.57. The highest BCUT2D eigenvalue weighted by Gasteiger charge is 2.35. The van der Waals surface area contributed by atoms with E-state index in [0.29, 0.717) is 29.0 Å². The summed E-state index contributed by atoms with van der Waals surface area (Å²) in [6.45, 7) is 0. The Morgan fingerprint density at radius 3 is 1.98 bits per heavy atom. The molecule has 1 heterocycles. The molecule has 16 heteroatoms. The highest BCUT2D eigenvalue weighted by atomic mass is 32.1. The largest absolute Gasteiger partial charge is 0.496 e. The molecule has 49 heavy (non-hydrogen) atoms. The Hall–Kier alpha value is -5.51. The van der Waals surface area contributed by atoms with Gasteiger partial charge in [0.25, 0.3) is 11.8 Å². The second-order valence-electron chi connectivity index (χ2n) is 10.2. The summed E-state index contributed by atoms with van der Waals surface area (Å²) in [7, 11) is 2.31. The number of anilines is 2. The van der Waals surface area contributed by atoms with E-state index in [2.05, 4.69) is 15.4 Å². The van der Waals surface area contributed by atoms with E-state index >= 15 is 0 Å². The van der Waals surface area contributed by atoms with Gasteiger partial charge >= 0.3 is 18.3 Å². The number of amides is 2. The molecule has 2 N–H and O–H groups in total. The maximum absolute atomic E-state index is 14.3. The number of thiophene rings is 1. The van der Waals surface area contributed by atoms with Crippen LogP contribution in [0.3, 0.4) is 0 Å². The number of fused-ring (bicyclic) bond motifs is 1. The second kappa shape index (κ2) is 13.2. The minimum absolute atomic E-state index is 0.00689. The monoisotopic (exact) mass is 708 g/mol. The molecule has 5 rings (SSSR count). The van der Waals surface area contributed by atoms with Crippen LogP contribution in [0.1, 0.15) is 41.5 Å². The van der Waals surface area contributed by atoms with Gasteiger partial charge in [0.05, 0.1) is 42.2 Å². The normalized spacial score (nSPS) is 11.7. The molecule has 0 atom stereocenters. The molecule has 0 saturated heterocycles. The van der Waals surface area contributed by atoms with E-state index in [0.717, 1.165) is 37.4 Å². The molecular weight excluding hydrogens is 688 g/mol. The van der Waals surface area contributed by atoms with Gasteiger partial charge in [0.15, 0.2) is 0 Å². The van der Waals surface area contributed by atoms with Crippen LogP contribution < -0.4 is 15.4 Å². The lowest BCUT2D eigenvalue weighted by Crippen LogP contribution is -2.18.